The molecule has 0 aliphatic rings. The molecule has 0 saturated carbocycles. The Morgan fingerprint density at radius 2 is 1.93 bits per heavy atom. The number of benzene rings is 1. The van der Waals surface area contributed by atoms with Crippen LogP contribution in [0.3, 0.4) is 0 Å². The number of anilines is 2. The second kappa shape index (κ2) is 10.7. The highest BCUT2D eigenvalue weighted by Gasteiger charge is 2.09. The van der Waals surface area contributed by atoms with Crippen molar-refractivity contribution in [1.82, 2.24) is 20.3 Å². The third-order valence-corrected chi connectivity index (χ3v) is 5.06. The van der Waals surface area contributed by atoms with Gasteiger partial charge in [-0.3, -0.25) is 4.79 Å². The molecule has 3 aromatic rings. The smallest absolute Gasteiger partial charge is 0.251 e. The second-order valence-electron chi connectivity index (χ2n) is 7.09. The molecular formula is C21H26N6O2S. The summed E-state index contributed by atoms with van der Waals surface area (Å²) in [5, 5.41) is 20.8. The molecule has 158 valence electrons. The summed E-state index contributed by atoms with van der Waals surface area (Å²) >= 11 is 1.54. The quantitative estimate of drug-likeness (QED) is 0.394. The third kappa shape index (κ3) is 6.23. The summed E-state index contributed by atoms with van der Waals surface area (Å²) in [4.78, 5) is 25.3. The largest absolute Gasteiger partial charge is 0.395 e. The standard InChI is InChI=1S/C21H26N6O2S/c1-14(2)11-24-18-7-8-23-21(27-18)25-12-17-13-30-20(26-17)16-5-3-15(4-6-16)19(29)22-9-10-28/h3-8,13-14,28H,9-12H2,1-2H3,(H,22,29)(H2,23,24,25,27). The molecule has 0 atom stereocenters. The maximum Gasteiger partial charge on any atom is 0.251 e. The lowest BCUT2D eigenvalue weighted by Crippen LogP contribution is -2.26. The molecular weight excluding hydrogens is 400 g/mol. The molecule has 1 amide bonds. The van der Waals surface area contributed by atoms with Gasteiger partial charge < -0.3 is 21.1 Å². The molecule has 8 nitrogen and oxygen atoms in total. The van der Waals surface area contributed by atoms with Crippen LogP contribution in [0.4, 0.5) is 11.8 Å². The van der Waals surface area contributed by atoms with Gasteiger partial charge in [-0.15, -0.1) is 11.3 Å². The van der Waals surface area contributed by atoms with Crippen LogP contribution in [0.1, 0.15) is 29.9 Å². The van der Waals surface area contributed by atoms with Gasteiger partial charge >= 0.3 is 0 Å². The number of thiazole rings is 1. The molecule has 3 rings (SSSR count). The molecule has 0 aliphatic carbocycles. The van der Waals surface area contributed by atoms with Crippen molar-refractivity contribution < 1.29 is 9.90 Å². The Kier molecular flexibility index (Phi) is 7.69. The normalized spacial score (nSPS) is 10.8. The number of hydrogen-bond acceptors (Lipinski definition) is 8. The highest BCUT2D eigenvalue weighted by Crippen LogP contribution is 2.24. The first-order valence-electron chi connectivity index (χ1n) is 9.80. The fraction of sp³-hybridized carbons (Fsp3) is 0.333. The molecule has 0 radical (unpaired) electrons. The number of carbonyl (C=O) groups excluding carboxylic acids is 1. The van der Waals surface area contributed by atoms with Gasteiger partial charge in [0.25, 0.3) is 5.91 Å². The summed E-state index contributed by atoms with van der Waals surface area (Å²) in [6, 6.07) is 9.10. The Balaban J connectivity index is 1.58. The van der Waals surface area contributed by atoms with Crippen molar-refractivity contribution in [2.45, 2.75) is 20.4 Å². The van der Waals surface area contributed by atoms with E-state index in [1.165, 1.54) is 0 Å². The van der Waals surface area contributed by atoms with Crippen molar-refractivity contribution in [3.63, 3.8) is 0 Å². The highest BCUT2D eigenvalue weighted by molar-refractivity contribution is 7.13. The van der Waals surface area contributed by atoms with E-state index in [-0.39, 0.29) is 19.1 Å². The summed E-state index contributed by atoms with van der Waals surface area (Å²) in [6.45, 7) is 5.83. The van der Waals surface area contributed by atoms with Gasteiger partial charge in [-0.2, -0.15) is 4.98 Å². The van der Waals surface area contributed by atoms with Crippen LogP contribution in [0.15, 0.2) is 41.9 Å². The van der Waals surface area contributed by atoms with E-state index in [0.717, 1.165) is 28.6 Å². The monoisotopic (exact) mass is 426 g/mol. The average molecular weight is 427 g/mol. The van der Waals surface area contributed by atoms with E-state index < -0.39 is 0 Å². The Labute approximate surface area is 179 Å². The molecule has 0 unspecified atom stereocenters. The molecule has 0 spiro atoms. The summed E-state index contributed by atoms with van der Waals surface area (Å²) in [5.41, 5.74) is 2.39. The maximum atomic E-state index is 11.9. The van der Waals surface area contributed by atoms with Crippen LogP contribution in [0, 0.1) is 5.92 Å². The predicted octanol–water partition coefficient (Wildman–Crippen LogP) is 3.00. The predicted molar refractivity (Wildman–Crippen MR) is 120 cm³/mol. The van der Waals surface area contributed by atoms with Gasteiger partial charge in [0.05, 0.1) is 18.8 Å². The minimum Gasteiger partial charge on any atom is -0.395 e. The average Bonchev–Trinajstić information content (AvgIpc) is 3.24. The van der Waals surface area contributed by atoms with Crippen LogP contribution in [0.25, 0.3) is 10.6 Å². The second-order valence-corrected chi connectivity index (χ2v) is 7.95. The lowest BCUT2D eigenvalue weighted by molar-refractivity contribution is 0.0945. The Bertz CT molecular complexity index is 958. The summed E-state index contributed by atoms with van der Waals surface area (Å²) in [7, 11) is 0. The van der Waals surface area contributed by atoms with Gasteiger partial charge in [0.15, 0.2) is 0 Å². The van der Waals surface area contributed by atoms with Crippen molar-refractivity contribution in [1.29, 1.82) is 0 Å². The number of hydrogen-bond donors (Lipinski definition) is 4. The van der Waals surface area contributed by atoms with Crippen molar-refractivity contribution in [2.24, 2.45) is 5.92 Å². The lowest BCUT2D eigenvalue weighted by Gasteiger charge is -2.09. The first-order chi connectivity index (χ1) is 14.5. The number of rotatable bonds is 10. The Morgan fingerprint density at radius 3 is 2.67 bits per heavy atom. The van der Waals surface area contributed by atoms with E-state index in [4.69, 9.17) is 5.11 Å². The van der Waals surface area contributed by atoms with Crippen LogP contribution in [0.5, 0.6) is 0 Å². The highest BCUT2D eigenvalue weighted by atomic mass is 32.1. The van der Waals surface area contributed by atoms with Crippen LogP contribution in [0.2, 0.25) is 0 Å². The molecule has 2 aromatic heterocycles. The molecule has 30 heavy (non-hydrogen) atoms. The molecule has 1 aromatic carbocycles. The number of carbonyl (C=O) groups is 1. The number of aliphatic hydroxyl groups excluding tert-OH is 1. The van der Waals surface area contributed by atoms with Crippen LogP contribution < -0.4 is 16.0 Å². The van der Waals surface area contributed by atoms with Crippen molar-refractivity contribution in [3.05, 3.63) is 53.2 Å². The molecule has 0 fully saturated rings. The number of aromatic nitrogens is 3. The van der Waals surface area contributed by atoms with E-state index in [2.05, 4.69) is 44.7 Å². The lowest BCUT2D eigenvalue weighted by atomic mass is 10.1. The fourth-order valence-electron chi connectivity index (χ4n) is 2.58. The molecule has 2 heterocycles. The number of nitrogens with zero attached hydrogens (tertiary/aromatic N) is 3. The van der Waals surface area contributed by atoms with Gasteiger partial charge in [0, 0.05) is 35.8 Å². The summed E-state index contributed by atoms with van der Waals surface area (Å²) in [6.07, 6.45) is 1.72. The number of aliphatic hydroxyl groups is 1. The third-order valence-electron chi connectivity index (χ3n) is 4.12. The van der Waals surface area contributed by atoms with E-state index in [0.29, 0.717) is 24.0 Å². The van der Waals surface area contributed by atoms with Gasteiger partial charge in [-0.25, -0.2) is 9.97 Å². The number of amides is 1. The van der Waals surface area contributed by atoms with E-state index in [1.807, 2.05) is 23.6 Å². The first-order valence-corrected chi connectivity index (χ1v) is 10.7. The minimum atomic E-state index is -0.204. The molecule has 0 saturated heterocycles. The maximum absolute atomic E-state index is 11.9. The van der Waals surface area contributed by atoms with E-state index in [9.17, 15) is 4.79 Å². The van der Waals surface area contributed by atoms with Gasteiger partial charge in [0.2, 0.25) is 5.95 Å². The van der Waals surface area contributed by atoms with Crippen molar-refractivity contribution >= 4 is 29.0 Å². The molecule has 0 aliphatic heterocycles. The van der Waals surface area contributed by atoms with Crippen molar-refractivity contribution in [2.75, 3.05) is 30.3 Å². The van der Waals surface area contributed by atoms with Crippen LogP contribution in [-0.2, 0) is 6.54 Å². The molecule has 0 bridgehead atoms. The summed E-state index contributed by atoms with van der Waals surface area (Å²) < 4.78 is 0. The zero-order chi connectivity index (χ0) is 21.3. The first kappa shape index (κ1) is 21.7. The summed E-state index contributed by atoms with van der Waals surface area (Å²) in [5.74, 6) is 1.68. The van der Waals surface area contributed by atoms with Gasteiger partial charge in [-0.05, 0) is 24.1 Å². The van der Waals surface area contributed by atoms with E-state index >= 15 is 0 Å². The number of nitrogens with one attached hydrogen (secondary N) is 3. The van der Waals surface area contributed by atoms with Gasteiger partial charge in [-0.1, -0.05) is 26.0 Å². The topological polar surface area (TPSA) is 112 Å². The molecule has 4 N–H and O–H groups in total. The van der Waals surface area contributed by atoms with Crippen LogP contribution in [-0.4, -0.2) is 45.7 Å². The van der Waals surface area contributed by atoms with Gasteiger partial charge in [0.1, 0.15) is 10.8 Å². The zero-order valence-electron chi connectivity index (χ0n) is 17.1. The Hall–Kier alpha value is -3.04. The minimum absolute atomic E-state index is 0.0798. The van der Waals surface area contributed by atoms with Crippen molar-refractivity contribution in [3.8, 4) is 10.6 Å². The van der Waals surface area contributed by atoms with Crippen LogP contribution >= 0.6 is 11.3 Å². The molecule has 9 heteroatoms. The van der Waals surface area contributed by atoms with E-state index in [1.54, 1.807) is 29.7 Å². The Morgan fingerprint density at radius 1 is 1.13 bits per heavy atom. The zero-order valence-corrected chi connectivity index (χ0v) is 17.9. The SMILES string of the molecule is CC(C)CNc1ccnc(NCc2csc(-c3ccc(C(=O)NCCO)cc3)n2)n1. The fourth-order valence-corrected chi connectivity index (χ4v) is 3.40.